The molecule has 4 atom stereocenters. The molecule has 0 saturated heterocycles. The highest BCUT2D eigenvalue weighted by atomic mass is 16.4. The molecule has 0 aliphatic heterocycles. The Bertz CT molecular complexity index is 399. The van der Waals surface area contributed by atoms with E-state index in [0.29, 0.717) is 13.0 Å². The number of aliphatic carboxylic acids is 1. The fourth-order valence-corrected chi connectivity index (χ4v) is 3.93. The summed E-state index contributed by atoms with van der Waals surface area (Å²) in [4.78, 5) is 24.2. The third-order valence-electron chi connectivity index (χ3n) is 5.56. The average Bonchev–Trinajstić information content (AvgIpc) is 2.49. The van der Waals surface area contributed by atoms with Crippen molar-refractivity contribution in [1.29, 1.82) is 0 Å². The fourth-order valence-electron chi connectivity index (χ4n) is 3.93. The van der Waals surface area contributed by atoms with Gasteiger partial charge in [-0.3, -0.25) is 9.59 Å². The Hall–Kier alpha value is -1.10. The van der Waals surface area contributed by atoms with E-state index in [1.54, 1.807) is 6.92 Å². The van der Waals surface area contributed by atoms with Gasteiger partial charge in [0.1, 0.15) is 0 Å². The van der Waals surface area contributed by atoms with Gasteiger partial charge in [0, 0.05) is 12.0 Å². The van der Waals surface area contributed by atoms with E-state index in [1.165, 1.54) is 0 Å². The maximum atomic E-state index is 12.6. The van der Waals surface area contributed by atoms with Gasteiger partial charge in [-0.15, -0.1) is 0 Å². The minimum absolute atomic E-state index is 0.0181. The van der Waals surface area contributed by atoms with E-state index in [9.17, 15) is 14.7 Å². The first kappa shape index (κ1) is 16.3. The molecular formula is C16H28N2O3. The minimum Gasteiger partial charge on any atom is -0.481 e. The Labute approximate surface area is 126 Å². The van der Waals surface area contributed by atoms with E-state index >= 15 is 0 Å². The third-order valence-corrected chi connectivity index (χ3v) is 5.56. The Kier molecular flexibility index (Phi) is 5.25. The smallest absolute Gasteiger partial charge is 0.311 e. The lowest BCUT2D eigenvalue weighted by molar-refractivity contribution is -0.152. The predicted molar refractivity (Wildman–Crippen MR) is 80.6 cm³/mol. The Morgan fingerprint density at radius 2 is 1.86 bits per heavy atom. The first-order valence-corrected chi connectivity index (χ1v) is 8.23. The molecule has 21 heavy (non-hydrogen) atoms. The van der Waals surface area contributed by atoms with Crippen molar-refractivity contribution < 1.29 is 14.7 Å². The van der Waals surface area contributed by atoms with Crippen LogP contribution in [0.15, 0.2) is 0 Å². The maximum absolute atomic E-state index is 12.6. The first-order valence-electron chi connectivity index (χ1n) is 8.23. The molecule has 4 N–H and O–H groups in total. The SMILES string of the molecule is CC1(C(=O)O)CCCCC1NC(=O)C1CCCCC1CN. The van der Waals surface area contributed by atoms with Crippen LogP contribution in [-0.2, 0) is 9.59 Å². The van der Waals surface area contributed by atoms with Crippen LogP contribution in [0.2, 0.25) is 0 Å². The van der Waals surface area contributed by atoms with Crippen LogP contribution in [0.4, 0.5) is 0 Å². The summed E-state index contributed by atoms with van der Waals surface area (Å²) in [6.07, 6.45) is 7.40. The molecule has 2 fully saturated rings. The maximum Gasteiger partial charge on any atom is 0.311 e. The second-order valence-corrected chi connectivity index (χ2v) is 6.92. The van der Waals surface area contributed by atoms with Crippen molar-refractivity contribution in [2.75, 3.05) is 6.54 Å². The fraction of sp³-hybridized carbons (Fsp3) is 0.875. The van der Waals surface area contributed by atoms with E-state index in [-0.39, 0.29) is 23.8 Å². The summed E-state index contributed by atoms with van der Waals surface area (Å²) in [7, 11) is 0. The number of carboxylic acids is 1. The van der Waals surface area contributed by atoms with Crippen LogP contribution in [0, 0.1) is 17.3 Å². The molecule has 120 valence electrons. The molecule has 2 rings (SSSR count). The van der Waals surface area contributed by atoms with Gasteiger partial charge in [0.05, 0.1) is 5.41 Å². The standard InChI is InChI=1S/C16H28N2O3/c1-16(15(20)21)9-5-4-8-13(16)18-14(19)12-7-3-2-6-11(12)10-17/h11-13H,2-10,17H2,1H3,(H,18,19)(H,20,21). The molecule has 2 aliphatic rings. The van der Waals surface area contributed by atoms with Gasteiger partial charge < -0.3 is 16.2 Å². The van der Waals surface area contributed by atoms with Crippen molar-refractivity contribution in [3.05, 3.63) is 0 Å². The minimum atomic E-state index is -0.833. The summed E-state index contributed by atoms with van der Waals surface area (Å²) in [5.41, 5.74) is 4.96. The molecule has 5 nitrogen and oxygen atoms in total. The lowest BCUT2D eigenvalue weighted by Crippen LogP contribution is -2.54. The number of carboxylic acid groups (broad SMARTS) is 1. The van der Waals surface area contributed by atoms with Crippen LogP contribution in [-0.4, -0.2) is 29.6 Å². The van der Waals surface area contributed by atoms with Crippen LogP contribution in [0.3, 0.4) is 0 Å². The number of amides is 1. The quantitative estimate of drug-likeness (QED) is 0.738. The molecule has 4 unspecified atom stereocenters. The molecule has 0 radical (unpaired) electrons. The number of nitrogens with one attached hydrogen (secondary N) is 1. The second kappa shape index (κ2) is 6.77. The predicted octanol–water partition coefficient (Wildman–Crippen LogP) is 1.90. The van der Waals surface area contributed by atoms with E-state index in [2.05, 4.69) is 5.32 Å². The average molecular weight is 296 g/mol. The third kappa shape index (κ3) is 3.39. The summed E-state index contributed by atoms with van der Waals surface area (Å²) in [6, 6.07) is -0.253. The zero-order valence-electron chi connectivity index (χ0n) is 12.9. The normalized spacial score (nSPS) is 37.0. The Morgan fingerprint density at radius 1 is 1.19 bits per heavy atom. The summed E-state index contributed by atoms with van der Waals surface area (Å²) in [5, 5.41) is 12.6. The highest BCUT2D eigenvalue weighted by Crippen LogP contribution is 2.37. The number of hydrogen-bond donors (Lipinski definition) is 3. The lowest BCUT2D eigenvalue weighted by Gasteiger charge is -2.40. The molecule has 2 aliphatic carbocycles. The Balaban J connectivity index is 2.04. The van der Waals surface area contributed by atoms with Crippen LogP contribution in [0.25, 0.3) is 0 Å². The van der Waals surface area contributed by atoms with Crippen molar-refractivity contribution in [3.8, 4) is 0 Å². The van der Waals surface area contributed by atoms with Crippen LogP contribution in [0.1, 0.15) is 58.3 Å². The van der Waals surface area contributed by atoms with Crippen LogP contribution >= 0.6 is 0 Å². The molecule has 0 aromatic heterocycles. The molecule has 0 heterocycles. The number of carbonyl (C=O) groups excluding carboxylic acids is 1. The van der Waals surface area contributed by atoms with E-state index in [0.717, 1.165) is 44.9 Å². The van der Waals surface area contributed by atoms with Crippen LogP contribution in [0.5, 0.6) is 0 Å². The number of carbonyl (C=O) groups is 2. The first-order chi connectivity index (χ1) is 9.99. The van der Waals surface area contributed by atoms with Gasteiger partial charge in [0.25, 0.3) is 0 Å². The molecule has 0 spiro atoms. The number of rotatable bonds is 4. The molecule has 0 aromatic carbocycles. The van der Waals surface area contributed by atoms with Crippen molar-refractivity contribution in [3.63, 3.8) is 0 Å². The molecule has 2 saturated carbocycles. The van der Waals surface area contributed by atoms with E-state index in [4.69, 9.17) is 5.73 Å². The van der Waals surface area contributed by atoms with Gasteiger partial charge in [-0.2, -0.15) is 0 Å². The number of nitrogens with two attached hydrogens (primary N) is 1. The van der Waals surface area contributed by atoms with Crippen molar-refractivity contribution >= 4 is 11.9 Å². The van der Waals surface area contributed by atoms with E-state index in [1.807, 2.05) is 0 Å². The summed E-state index contributed by atoms with van der Waals surface area (Å²) < 4.78 is 0. The Morgan fingerprint density at radius 3 is 2.52 bits per heavy atom. The molecule has 1 amide bonds. The van der Waals surface area contributed by atoms with Crippen molar-refractivity contribution in [2.24, 2.45) is 23.0 Å². The summed E-state index contributed by atoms with van der Waals surface area (Å²) in [5.74, 6) is -0.571. The van der Waals surface area contributed by atoms with Gasteiger partial charge in [0.2, 0.25) is 5.91 Å². The van der Waals surface area contributed by atoms with Gasteiger partial charge in [0.15, 0.2) is 0 Å². The van der Waals surface area contributed by atoms with Crippen molar-refractivity contribution in [2.45, 2.75) is 64.3 Å². The number of hydrogen-bond acceptors (Lipinski definition) is 3. The zero-order valence-corrected chi connectivity index (χ0v) is 12.9. The molecular weight excluding hydrogens is 268 g/mol. The highest BCUT2D eigenvalue weighted by Gasteiger charge is 2.44. The van der Waals surface area contributed by atoms with Gasteiger partial charge in [-0.1, -0.05) is 25.7 Å². The van der Waals surface area contributed by atoms with Gasteiger partial charge in [-0.05, 0) is 45.1 Å². The van der Waals surface area contributed by atoms with Crippen LogP contribution < -0.4 is 11.1 Å². The molecule has 0 bridgehead atoms. The summed E-state index contributed by atoms with van der Waals surface area (Å²) >= 11 is 0. The topological polar surface area (TPSA) is 92.4 Å². The highest BCUT2D eigenvalue weighted by molar-refractivity contribution is 5.81. The van der Waals surface area contributed by atoms with Gasteiger partial charge >= 0.3 is 5.97 Å². The van der Waals surface area contributed by atoms with Crippen molar-refractivity contribution in [1.82, 2.24) is 5.32 Å². The molecule has 0 aromatic rings. The summed E-state index contributed by atoms with van der Waals surface area (Å²) in [6.45, 7) is 2.31. The van der Waals surface area contributed by atoms with E-state index < -0.39 is 11.4 Å². The largest absolute Gasteiger partial charge is 0.481 e. The second-order valence-electron chi connectivity index (χ2n) is 6.92. The van der Waals surface area contributed by atoms with Gasteiger partial charge in [-0.25, -0.2) is 0 Å². The zero-order chi connectivity index (χ0) is 15.5. The lowest BCUT2D eigenvalue weighted by atomic mass is 9.71. The molecule has 5 heteroatoms. The monoisotopic (exact) mass is 296 g/mol.